The highest BCUT2D eigenvalue weighted by molar-refractivity contribution is 7.89. The van der Waals surface area contributed by atoms with Gasteiger partial charge in [0.2, 0.25) is 15.9 Å². The van der Waals surface area contributed by atoms with Crippen LogP contribution in [0.3, 0.4) is 0 Å². The lowest BCUT2D eigenvalue weighted by Gasteiger charge is -2.55. The summed E-state index contributed by atoms with van der Waals surface area (Å²) in [5.41, 5.74) is -0.216. The molecule has 15 aliphatic rings. The lowest BCUT2D eigenvalue weighted by molar-refractivity contribution is -0.259. The molecule has 422 valence electrons. The molecule has 12 atom stereocenters. The topological polar surface area (TPSA) is 324 Å². The number of ether oxygens (including phenoxy) is 6. The Morgan fingerprint density at radius 3 is 1.57 bits per heavy atom. The van der Waals surface area contributed by atoms with Gasteiger partial charge in [0, 0.05) is 25.7 Å². The van der Waals surface area contributed by atoms with E-state index in [1.807, 2.05) is 0 Å². The van der Waals surface area contributed by atoms with Gasteiger partial charge in [-0.15, -0.1) is 0 Å². The van der Waals surface area contributed by atoms with Crippen molar-refractivity contribution in [3.63, 3.8) is 0 Å². The molecule has 4 heterocycles. The number of amides is 1. The molecule has 0 aromatic heterocycles. The molecule has 12 unspecified atom stereocenters. The fraction of sp³-hybridized carbons (Fsp3) is 0.962. The summed E-state index contributed by atoms with van der Waals surface area (Å²) in [7, 11) is -3.42. The van der Waals surface area contributed by atoms with Crippen LogP contribution in [-0.4, -0.2) is 171 Å². The zero-order valence-electron chi connectivity index (χ0n) is 43.1. The zero-order valence-corrected chi connectivity index (χ0v) is 43.9. The minimum absolute atomic E-state index is 0.148. The Morgan fingerprint density at radius 1 is 0.635 bits per heavy atom. The van der Waals surface area contributed by atoms with Crippen LogP contribution in [0.4, 0.5) is 0 Å². The first-order valence-corrected chi connectivity index (χ1v) is 30.0. The van der Waals surface area contributed by atoms with Gasteiger partial charge in [-0.3, -0.25) is 9.52 Å². The van der Waals surface area contributed by atoms with Crippen molar-refractivity contribution in [2.75, 3.05) is 19.5 Å². The Hall–Kier alpha value is -1.69. The van der Waals surface area contributed by atoms with Crippen LogP contribution in [0.2, 0.25) is 0 Å². The van der Waals surface area contributed by atoms with E-state index in [-0.39, 0.29) is 22.8 Å². The number of hydrogen-bond donors (Lipinski definition) is 10. The monoisotopic (exact) mass is 1070 g/mol. The normalized spacial score (nSPS) is 46.9. The van der Waals surface area contributed by atoms with Gasteiger partial charge in [0.25, 0.3) is 0 Å². The van der Waals surface area contributed by atoms with E-state index in [1.54, 1.807) is 0 Å². The maximum Gasteiger partial charge on any atom is 0.239 e. The molecule has 10 N–H and O–H groups in total. The van der Waals surface area contributed by atoms with Crippen molar-refractivity contribution < 1.29 is 87.6 Å². The number of aliphatic hydroxyl groups is 9. The van der Waals surface area contributed by atoms with Gasteiger partial charge < -0.3 is 74.4 Å². The third-order valence-electron chi connectivity index (χ3n) is 19.1. The van der Waals surface area contributed by atoms with E-state index >= 15 is 0 Å². The van der Waals surface area contributed by atoms with Gasteiger partial charge in [-0.1, -0.05) is 12.8 Å². The van der Waals surface area contributed by atoms with Crippen LogP contribution in [0.15, 0.2) is 0 Å². The highest BCUT2D eigenvalue weighted by Crippen LogP contribution is 2.61. The number of carbonyl (C=O) groups is 1. The number of rotatable bonds is 5. The van der Waals surface area contributed by atoms with Crippen LogP contribution in [0.5, 0.6) is 0 Å². The SMILES string of the molecule is CS(=O)(=O)NC(=O)C12CC3CC(CC(C3)C1)C2.N#CC12CC3CC(CC(C3)C1)C2.OC1C(C2COC3(CCCCC3)O2)OC2OC3(CCCCC3)OC21.OC1CCCC(O)C1O.OCC(O)C1OC(O)C(O)C1O. The van der Waals surface area contributed by atoms with Gasteiger partial charge in [0.05, 0.1) is 48.6 Å². The standard InChI is InChI=1S/C18H28O6.C12H19NO3S.C11H15N.C6H12O6.C6H12O3/c19-13-14(12-11-20-17(22-12)7-3-1-4-8-17)21-16-15(13)23-18(24-16)9-5-2-6-10-18;1-17(15,16)13-11(14)12-5-8-2-9(6-12)4-10(3-8)7-12;12-7-11-4-8-1-9(5-11)3-10(2-8)6-11;7-1-2(8)5-3(9)4(10)6(11)12-5;7-4-2-1-3-5(8)6(4)9/h12-16,19H,1-11H2;8-10H,2-7H2,1H3,(H,13,14);8-10H,1-6H2;2-11H,1H2;4-9H,1-3H2. The van der Waals surface area contributed by atoms with Crippen LogP contribution in [-0.2, 0) is 43.2 Å². The number of nitrogens with one attached hydrogen (secondary N) is 1. The van der Waals surface area contributed by atoms with Gasteiger partial charge in [0.1, 0.15) is 54.9 Å². The van der Waals surface area contributed by atoms with E-state index in [4.69, 9.17) is 64.5 Å². The summed E-state index contributed by atoms with van der Waals surface area (Å²) in [4.78, 5) is 12.2. The predicted octanol–water partition coefficient (Wildman–Crippen LogP) is 2.26. The Balaban J connectivity index is 0.000000119. The molecule has 0 aromatic rings. The van der Waals surface area contributed by atoms with Gasteiger partial charge in [-0.25, -0.2) is 8.42 Å². The zero-order chi connectivity index (χ0) is 52.8. The number of nitrogens with zero attached hydrogens (tertiary/aromatic N) is 1. The molecule has 2 spiro atoms. The van der Waals surface area contributed by atoms with Gasteiger partial charge >= 0.3 is 0 Å². The molecule has 21 heteroatoms. The van der Waals surface area contributed by atoms with Gasteiger partial charge in [-0.2, -0.15) is 5.26 Å². The van der Waals surface area contributed by atoms with Crippen LogP contribution >= 0.6 is 0 Å². The van der Waals surface area contributed by atoms with E-state index in [9.17, 15) is 23.6 Å². The van der Waals surface area contributed by atoms with Crippen LogP contribution in [0.1, 0.15) is 161 Å². The van der Waals surface area contributed by atoms with Gasteiger partial charge in [0.15, 0.2) is 24.2 Å². The maximum absolute atomic E-state index is 12.2. The molecule has 1 amide bonds. The first-order chi connectivity index (χ1) is 35.1. The Morgan fingerprint density at radius 2 is 1.14 bits per heavy atom. The summed E-state index contributed by atoms with van der Waals surface area (Å²) < 4.78 is 59.7. The van der Waals surface area contributed by atoms with Crippen molar-refractivity contribution in [1.29, 1.82) is 5.26 Å². The third kappa shape index (κ3) is 12.7. The number of nitriles is 1. The molecule has 0 radical (unpaired) electrons. The van der Waals surface area contributed by atoms with Crippen LogP contribution in [0.25, 0.3) is 0 Å². The van der Waals surface area contributed by atoms with Crippen molar-refractivity contribution >= 4 is 15.9 Å². The van der Waals surface area contributed by atoms with E-state index in [0.29, 0.717) is 37.2 Å². The molecule has 11 aliphatic carbocycles. The first kappa shape index (κ1) is 57.0. The second-order valence-electron chi connectivity index (χ2n) is 25.1. The molecule has 15 rings (SSSR count). The van der Waals surface area contributed by atoms with Crippen molar-refractivity contribution in [2.45, 2.75) is 252 Å². The summed E-state index contributed by atoms with van der Waals surface area (Å²) in [5, 5.41) is 91.2. The molecule has 4 aliphatic heterocycles. The van der Waals surface area contributed by atoms with Gasteiger partial charge in [-0.05, 0) is 158 Å². The summed E-state index contributed by atoms with van der Waals surface area (Å²) in [6.07, 6.45) is 16.9. The second-order valence-corrected chi connectivity index (χ2v) is 26.8. The third-order valence-corrected chi connectivity index (χ3v) is 19.6. The number of fused-ring (bicyclic) bond motifs is 1. The average Bonchev–Trinajstić information content (AvgIpc) is 4.08. The first-order valence-electron chi connectivity index (χ1n) is 28.1. The average molecular weight is 1070 g/mol. The van der Waals surface area contributed by atoms with Crippen LogP contribution < -0.4 is 4.72 Å². The molecule has 11 saturated carbocycles. The van der Waals surface area contributed by atoms with E-state index < -0.39 is 102 Å². The largest absolute Gasteiger partial charge is 0.394 e. The van der Waals surface area contributed by atoms with Crippen molar-refractivity contribution in [3.8, 4) is 6.07 Å². The van der Waals surface area contributed by atoms with Crippen molar-refractivity contribution in [3.05, 3.63) is 0 Å². The smallest absolute Gasteiger partial charge is 0.239 e. The number of sulfonamides is 1. The molecule has 4 saturated heterocycles. The molecular weight excluding hydrogens is 985 g/mol. The summed E-state index contributed by atoms with van der Waals surface area (Å²) in [6, 6.07) is 2.61. The Labute approximate surface area is 435 Å². The van der Waals surface area contributed by atoms with Crippen LogP contribution in [0, 0.1) is 57.7 Å². The fourth-order valence-electron chi connectivity index (χ4n) is 16.2. The highest BCUT2D eigenvalue weighted by Gasteiger charge is 2.61. The number of carbonyl (C=O) groups excluding carboxylic acids is 1. The molecule has 8 bridgehead atoms. The highest BCUT2D eigenvalue weighted by atomic mass is 32.2. The molecule has 20 nitrogen and oxygen atoms in total. The Kier molecular flexibility index (Phi) is 17.9. The van der Waals surface area contributed by atoms with E-state index in [2.05, 4.69) is 15.5 Å². The second kappa shape index (κ2) is 23.2. The Bertz CT molecular complexity index is 1970. The summed E-state index contributed by atoms with van der Waals surface area (Å²) in [5.74, 6) is 3.54. The molecular formula is C53H86N2O18S. The summed E-state index contributed by atoms with van der Waals surface area (Å²) in [6.45, 7) is -0.118. The maximum atomic E-state index is 12.2. The fourth-order valence-corrected chi connectivity index (χ4v) is 16.8. The predicted molar refractivity (Wildman–Crippen MR) is 261 cm³/mol. The lowest BCUT2D eigenvalue weighted by Crippen LogP contribution is -2.54. The quantitative estimate of drug-likeness (QED) is 0.189. The lowest BCUT2D eigenvalue weighted by atomic mass is 9.49. The minimum Gasteiger partial charge on any atom is -0.394 e. The molecule has 0 aromatic carbocycles. The number of hydrogen-bond acceptors (Lipinski definition) is 19. The van der Waals surface area contributed by atoms with Crippen molar-refractivity contribution in [2.24, 2.45) is 46.3 Å². The number of aliphatic hydroxyl groups excluding tert-OH is 9. The minimum atomic E-state index is -3.42. The van der Waals surface area contributed by atoms with E-state index in [0.717, 1.165) is 101 Å². The molecule has 74 heavy (non-hydrogen) atoms. The van der Waals surface area contributed by atoms with Crippen molar-refractivity contribution in [1.82, 2.24) is 4.72 Å². The van der Waals surface area contributed by atoms with E-state index in [1.165, 1.54) is 70.6 Å². The summed E-state index contributed by atoms with van der Waals surface area (Å²) >= 11 is 0. The molecule has 15 fully saturated rings.